The number of hydrogen-bond donors (Lipinski definition) is 1. The number of methoxy groups -OCH3 is 1. The number of amides is 1. The number of rotatable bonds is 6. The first kappa shape index (κ1) is 16.8. The van der Waals surface area contributed by atoms with E-state index in [1.165, 1.54) is 6.21 Å². The maximum atomic E-state index is 11.7. The van der Waals surface area contributed by atoms with Crippen molar-refractivity contribution in [1.29, 1.82) is 0 Å². The SMILES string of the molecule is COc1cccc(/C=N\NC(=O)COc2ccc(Cl)cc2C)c1. The Labute approximate surface area is 139 Å². The zero-order chi connectivity index (χ0) is 16.7. The van der Waals surface area contributed by atoms with Gasteiger partial charge in [-0.2, -0.15) is 5.10 Å². The second-order valence-electron chi connectivity index (χ2n) is 4.77. The number of benzene rings is 2. The van der Waals surface area contributed by atoms with Gasteiger partial charge in [0.1, 0.15) is 11.5 Å². The Balaban J connectivity index is 1.83. The molecule has 0 aromatic heterocycles. The van der Waals surface area contributed by atoms with Crippen molar-refractivity contribution in [2.24, 2.45) is 5.10 Å². The summed E-state index contributed by atoms with van der Waals surface area (Å²) in [5.41, 5.74) is 4.09. The highest BCUT2D eigenvalue weighted by atomic mass is 35.5. The Kier molecular flexibility index (Phi) is 6.00. The molecule has 1 N–H and O–H groups in total. The molecular weight excluding hydrogens is 316 g/mol. The number of aryl methyl sites for hydroxylation is 1. The van der Waals surface area contributed by atoms with Gasteiger partial charge in [-0.05, 0) is 48.4 Å². The van der Waals surface area contributed by atoms with Crippen LogP contribution in [0, 0.1) is 6.92 Å². The third kappa shape index (κ3) is 5.30. The lowest BCUT2D eigenvalue weighted by atomic mass is 10.2. The molecule has 6 heteroatoms. The molecule has 0 spiro atoms. The van der Waals surface area contributed by atoms with Gasteiger partial charge >= 0.3 is 0 Å². The predicted octanol–water partition coefficient (Wildman–Crippen LogP) is 3.19. The van der Waals surface area contributed by atoms with Crippen molar-refractivity contribution in [2.45, 2.75) is 6.92 Å². The van der Waals surface area contributed by atoms with Gasteiger partial charge in [0.25, 0.3) is 5.91 Å². The van der Waals surface area contributed by atoms with E-state index in [9.17, 15) is 4.79 Å². The van der Waals surface area contributed by atoms with Crippen LogP contribution in [-0.4, -0.2) is 25.8 Å². The molecule has 0 heterocycles. The molecule has 5 nitrogen and oxygen atoms in total. The number of carbonyl (C=O) groups excluding carboxylic acids is 1. The van der Waals surface area contributed by atoms with E-state index in [1.807, 2.05) is 31.2 Å². The summed E-state index contributed by atoms with van der Waals surface area (Å²) in [5, 5.41) is 4.51. The summed E-state index contributed by atoms with van der Waals surface area (Å²) >= 11 is 5.87. The minimum Gasteiger partial charge on any atom is -0.497 e. The fourth-order valence-corrected chi connectivity index (χ4v) is 2.08. The van der Waals surface area contributed by atoms with Gasteiger partial charge in [-0.15, -0.1) is 0 Å². The zero-order valence-corrected chi connectivity index (χ0v) is 13.6. The van der Waals surface area contributed by atoms with Gasteiger partial charge in [-0.1, -0.05) is 23.7 Å². The molecule has 0 unspecified atom stereocenters. The van der Waals surface area contributed by atoms with Crippen LogP contribution < -0.4 is 14.9 Å². The minimum atomic E-state index is -0.349. The highest BCUT2D eigenvalue weighted by molar-refractivity contribution is 6.30. The average molecular weight is 333 g/mol. The Morgan fingerprint density at radius 3 is 2.87 bits per heavy atom. The van der Waals surface area contributed by atoms with E-state index in [0.717, 1.165) is 16.9 Å². The lowest BCUT2D eigenvalue weighted by molar-refractivity contribution is -0.123. The van der Waals surface area contributed by atoms with Crippen LogP contribution in [0.4, 0.5) is 0 Å². The summed E-state index contributed by atoms with van der Waals surface area (Å²) in [7, 11) is 1.59. The molecule has 23 heavy (non-hydrogen) atoms. The normalized spacial score (nSPS) is 10.6. The van der Waals surface area contributed by atoms with E-state index in [-0.39, 0.29) is 12.5 Å². The van der Waals surface area contributed by atoms with Crippen LogP contribution in [0.3, 0.4) is 0 Å². The maximum absolute atomic E-state index is 11.7. The average Bonchev–Trinajstić information content (AvgIpc) is 2.54. The topological polar surface area (TPSA) is 59.9 Å². The number of nitrogens with one attached hydrogen (secondary N) is 1. The van der Waals surface area contributed by atoms with Crippen LogP contribution in [0.2, 0.25) is 5.02 Å². The molecule has 0 aliphatic carbocycles. The van der Waals surface area contributed by atoms with Crippen LogP contribution in [-0.2, 0) is 4.79 Å². The molecule has 120 valence electrons. The van der Waals surface area contributed by atoms with Gasteiger partial charge in [0.15, 0.2) is 6.61 Å². The summed E-state index contributed by atoms with van der Waals surface area (Å²) in [6.45, 7) is 1.73. The molecule has 0 radical (unpaired) electrons. The standard InChI is InChI=1S/C17H17ClN2O3/c1-12-8-14(18)6-7-16(12)23-11-17(21)20-19-10-13-4-3-5-15(9-13)22-2/h3-10H,11H2,1-2H3,(H,20,21)/b19-10-. The number of halogens is 1. The number of ether oxygens (including phenoxy) is 2. The lowest BCUT2D eigenvalue weighted by Crippen LogP contribution is -2.24. The van der Waals surface area contributed by atoms with Crippen molar-refractivity contribution >= 4 is 23.7 Å². The van der Waals surface area contributed by atoms with Gasteiger partial charge in [-0.25, -0.2) is 5.43 Å². The first-order valence-electron chi connectivity index (χ1n) is 6.93. The van der Waals surface area contributed by atoms with Crippen molar-refractivity contribution in [3.05, 3.63) is 58.6 Å². The van der Waals surface area contributed by atoms with Crippen molar-refractivity contribution < 1.29 is 14.3 Å². The van der Waals surface area contributed by atoms with Gasteiger partial charge in [0.2, 0.25) is 0 Å². The summed E-state index contributed by atoms with van der Waals surface area (Å²) < 4.78 is 10.5. The van der Waals surface area contributed by atoms with E-state index in [0.29, 0.717) is 10.8 Å². The quantitative estimate of drug-likeness (QED) is 0.653. The molecule has 0 aliphatic rings. The second kappa shape index (κ2) is 8.19. The largest absolute Gasteiger partial charge is 0.497 e. The summed E-state index contributed by atoms with van der Waals surface area (Å²) in [5.74, 6) is 0.988. The smallest absolute Gasteiger partial charge is 0.277 e. The summed E-state index contributed by atoms with van der Waals surface area (Å²) in [6, 6.07) is 12.5. The third-order valence-electron chi connectivity index (χ3n) is 2.99. The van der Waals surface area contributed by atoms with Gasteiger partial charge in [-0.3, -0.25) is 4.79 Å². The van der Waals surface area contributed by atoms with Gasteiger partial charge in [0, 0.05) is 5.02 Å². The Morgan fingerprint density at radius 2 is 2.13 bits per heavy atom. The lowest BCUT2D eigenvalue weighted by Gasteiger charge is -2.08. The Bertz CT molecular complexity index is 717. The minimum absolute atomic E-state index is 0.127. The number of hydrazone groups is 1. The first-order valence-corrected chi connectivity index (χ1v) is 7.31. The molecule has 0 fully saturated rings. The van der Waals surface area contributed by atoms with Crippen LogP contribution in [0.25, 0.3) is 0 Å². The van der Waals surface area contributed by atoms with Crippen molar-refractivity contribution in [1.82, 2.24) is 5.43 Å². The van der Waals surface area contributed by atoms with Crippen molar-refractivity contribution in [3.8, 4) is 11.5 Å². The number of hydrogen-bond acceptors (Lipinski definition) is 4. The molecule has 0 saturated heterocycles. The van der Waals surface area contributed by atoms with Crippen LogP contribution in [0.1, 0.15) is 11.1 Å². The molecule has 1 amide bonds. The molecular formula is C17H17ClN2O3. The molecule has 0 aliphatic heterocycles. The molecule has 2 aromatic rings. The molecule has 0 saturated carbocycles. The predicted molar refractivity (Wildman–Crippen MR) is 90.4 cm³/mol. The Hall–Kier alpha value is -2.53. The van der Waals surface area contributed by atoms with Crippen molar-refractivity contribution in [3.63, 3.8) is 0 Å². The number of nitrogens with zero attached hydrogens (tertiary/aromatic N) is 1. The Morgan fingerprint density at radius 1 is 1.30 bits per heavy atom. The van der Waals surface area contributed by atoms with E-state index in [4.69, 9.17) is 21.1 Å². The van der Waals surface area contributed by atoms with E-state index < -0.39 is 0 Å². The zero-order valence-electron chi connectivity index (χ0n) is 12.9. The van der Waals surface area contributed by atoms with Crippen LogP contribution in [0.15, 0.2) is 47.6 Å². The fraction of sp³-hybridized carbons (Fsp3) is 0.176. The van der Waals surface area contributed by atoms with E-state index in [2.05, 4.69) is 10.5 Å². The molecule has 2 rings (SSSR count). The highest BCUT2D eigenvalue weighted by Gasteiger charge is 2.04. The molecule has 0 bridgehead atoms. The summed E-state index contributed by atoms with van der Waals surface area (Å²) in [6.07, 6.45) is 1.54. The highest BCUT2D eigenvalue weighted by Crippen LogP contribution is 2.21. The first-order chi connectivity index (χ1) is 11.1. The molecule has 0 atom stereocenters. The monoisotopic (exact) mass is 332 g/mol. The van der Waals surface area contributed by atoms with E-state index >= 15 is 0 Å². The van der Waals surface area contributed by atoms with Gasteiger partial charge in [0.05, 0.1) is 13.3 Å². The summed E-state index contributed by atoms with van der Waals surface area (Å²) in [4.78, 5) is 11.7. The third-order valence-corrected chi connectivity index (χ3v) is 3.23. The van der Waals surface area contributed by atoms with Gasteiger partial charge < -0.3 is 9.47 Å². The fourth-order valence-electron chi connectivity index (χ4n) is 1.85. The maximum Gasteiger partial charge on any atom is 0.277 e. The second-order valence-corrected chi connectivity index (χ2v) is 5.20. The van der Waals surface area contributed by atoms with Crippen LogP contribution in [0.5, 0.6) is 11.5 Å². The van der Waals surface area contributed by atoms with E-state index in [1.54, 1.807) is 25.3 Å². The molecule has 2 aromatic carbocycles. The van der Waals surface area contributed by atoms with Crippen molar-refractivity contribution in [2.75, 3.05) is 13.7 Å². The van der Waals surface area contributed by atoms with Crippen LogP contribution >= 0.6 is 11.6 Å². The number of carbonyl (C=O) groups is 1.